The lowest BCUT2D eigenvalue weighted by atomic mass is 9.87. The molecule has 3 heterocycles. The van der Waals surface area contributed by atoms with E-state index in [1.807, 2.05) is 0 Å². The van der Waals surface area contributed by atoms with E-state index in [4.69, 9.17) is 11.2 Å². The van der Waals surface area contributed by atoms with Crippen LogP contribution in [0.2, 0.25) is 0 Å². The molecule has 0 unspecified atom stereocenters. The number of hydrogen-bond acceptors (Lipinski definition) is 6. The minimum Gasteiger partial charge on any atom is -0.381 e. The van der Waals surface area contributed by atoms with Gasteiger partial charge in [0.15, 0.2) is 5.66 Å². The topological polar surface area (TPSA) is 69.5 Å². The van der Waals surface area contributed by atoms with E-state index >= 15 is 0 Å². The second kappa shape index (κ2) is 9.80. The maximum absolute atomic E-state index is 12.6. The fourth-order valence-corrected chi connectivity index (χ4v) is 4.77. The van der Waals surface area contributed by atoms with Gasteiger partial charge in [-0.05, 0) is 25.0 Å². The van der Waals surface area contributed by atoms with E-state index in [2.05, 4.69) is 61.6 Å². The first-order valence-corrected chi connectivity index (χ1v) is 11.4. The van der Waals surface area contributed by atoms with Crippen LogP contribution in [0.1, 0.15) is 38.5 Å². The molecule has 0 aromatic heterocycles. The average Bonchev–Trinajstić information content (AvgIpc) is 3.61. The second-order valence-electron chi connectivity index (χ2n) is 8.81. The number of nitrogens with zero attached hydrogens (tertiary/aromatic N) is 4. The molecule has 1 N–H and O–H groups in total. The molecule has 1 amide bonds. The van der Waals surface area contributed by atoms with Crippen molar-refractivity contribution in [2.45, 2.75) is 49.7 Å². The van der Waals surface area contributed by atoms with Gasteiger partial charge in [0.25, 0.3) is 0 Å². The van der Waals surface area contributed by atoms with Crippen LogP contribution in [0.4, 0.5) is 5.69 Å². The van der Waals surface area contributed by atoms with Gasteiger partial charge in [-0.1, -0.05) is 18.2 Å². The summed E-state index contributed by atoms with van der Waals surface area (Å²) in [4.78, 5) is 17.6. The van der Waals surface area contributed by atoms with Gasteiger partial charge in [-0.15, -0.1) is 12.3 Å². The zero-order valence-corrected chi connectivity index (χ0v) is 18.3. The largest absolute Gasteiger partial charge is 0.381 e. The van der Waals surface area contributed by atoms with Gasteiger partial charge in [0.05, 0.1) is 0 Å². The Bertz CT molecular complexity index is 799. The molecule has 7 nitrogen and oxygen atoms in total. The third-order valence-electron chi connectivity index (χ3n) is 6.91. The Morgan fingerprint density at radius 3 is 2.45 bits per heavy atom. The van der Waals surface area contributed by atoms with Gasteiger partial charge in [-0.3, -0.25) is 9.69 Å². The Morgan fingerprint density at radius 1 is 1.10 bits per heavy atom. The van der Waals surface area contributed by atoms with Gasteiger partial charge in [0.1, 0.15) is 0 Å². The molecular formula is C24H33N5O2. The minimum absolute atomic E-state index is 0.0217. The van der Waals surface area contributed by atoms with Gasteiger partial charge < -0.3 is 15.0 Å². The van der Waals surface area contributed by atoms with Crippen molar-refractivity contribution in [1.29, 1.82) is 0 Å². The number of carbonyl (C=O) groups is 1. The normalized spacial score (nSPS) is 22.0. The number of rotatable bonds is 9. The van der Waals surface area contributed by atoms with Crippen LogP contribution < -0.4 is 10.2 Å². The van der Waals surface area contributed by atoms with Gasteiger partial charge in [-0.2, -0.15) is 10.2 Å². The molecular weight excluding hydrogens is 390 g/mol. The van der Waals surface area contributed by atoms with E-state index in [0.717, 1.165) is 58.7 Å². The first kappa shape index (κ1) is 21.8. The van der Waals surface area contributed by atoms with Crippen molar-refractivity contribution in [3.8, 4) is 12.3 Å². The highest BCUT2D eigenvalue weighted by molar-refractivity contribution is 5.76. The summed E-state index contributed by atoms with van der Waals surface area (Å²) in [6, 6.07) is 10.6. The SMILES string of the molecule is C#CCCC1(CCC(=O)NCC2(N3CCN(c4ccccc4)CC3)CCOCC2)N=N1. The number of para-hydroxylation sites is 1. The van der Waals surface area contributed by atoms with E-state index < -0.39 is 5.66 Å². The number of terminal acetylenes is 1. The number of carbonyl (C=O) groups excluding carboxylic acids is 1. The molecule has 0 aliphatic carbocycles. The van der Waals surface area contributed by atoms with Crippen LogP contribution in [0.5, 0.6) is 0 Å². The number of piperazine rings is 1. The third-order valence-corrected chi connectivity index (χ3v) is 6.91. The maximum Gasteiger partial charge on any atom is 0.220 e. The first-order valence-electron chi connectivity index (χ1n) is 11.4. The first-order chi connectivity index (χ1) is 15.1. The highest BCUT2D eigenvalue weighted by Gasteiger charge is 2.41. The van der Waals surface area contributed by atoms with Crippen LogP contribution in [0, 0.1) is 12.3 Å². The highest BCUT2D eigenvalue weighted by Crippen LogP contribution is 2.37. The van der Waals surface area contributed by atoms with Crippen molar-refractivity contribution >= 4 is 11.6 Å². The third kappa shape index (κ3) is 5.44. The zero-order chi connectivity index (χ0) is 21.6. The van der Waals surface area contributed by atoms with Gasteiger partial charge >= 0.3 is 0 Å². The molecule has 3 aliphatic heterocycles. The van der Waals surface area contributed by atoms with E-state index in [-0.39, 0.29) is 11.4 Å². The summed E-state index contributed by atoms with van der Waals surface area (Å²) in [6.07, 6.45) is 9.72. The molecule has 3 aliphatic rings. The predicted molar refractivity (Wildman–Crippen MR) is 121 cm³/mol. The molecule has 2 saturated heterocycles. The molecule has 0 bridgehead atoms. The van der Waals surface area contributed by atoms with Crippen LogP contribution in [0.15, 0.2) is 40.6 Å². The quantitative estimate of drug-likeness (QED) is 0.620. The molecule has 1 aromatic rings. The fraction of sp³-hybridized carbons (Fsp3) is 0.625. The molecule has 7 heteroatoms. The van der Waals surface area contributed by atoms with E-state index in [9.17, 15) is 4.79 Å². The molecule has 31 heavy (non-hydrogen) atoms. The number of anilines is 1. The van der Waals surface area contributed by atoms with E-state index in [0.29, 0.717) is 25.8 Å². The molecule has 0 radical (unpaired) electrons. The lowest BCUT2D eigenvalue weighted by Gasteiger charge is -2.50. The summed E-state index contributed by atoms with van der Waals surface area (Å²) in [5, 5.41) is 11.5. The van der Waals surface area contributed by atoms with E-state index in [1.165, 1.54) is 5.69 Å². The van der Waals surface area contributed by atoms with Crippen LogP contribution in [-0.4, -0.2) is 67.9 Å². The smallest absolute Gasteiger partial charge is 0.220 e. The van der Waals surface area contributed by atoms with Crippen LogP contribution >= 0.6 is 0 Å². The lowest BCUT2D eigenvalue weighted by Crippen LogP contribution is -2.63. The Kier molecular flexibility index (Phi) is 6.89. The number of hydrogen-bond donors (Lipinski definition) is 1. The monoisotopic (exact) mass is 423 g/mol. The molecule has 2 fully saturated rings. The molecule has 166 valence electrons. The number of benzene rings is 1. The highest BCUT2D eigenvalue weighted by atomic mass is 16.5. The second-order valence-corrected chi connectivity index (χ2v) is 8.81. The summed E-state index contributed by atoms with van der Waals surface area (Å²) < 4.78 is 5.66. The summed E-state index contributed by atoms with van der Waals surface area (Å²) in [7, 11) is 0. The summed E-state index contributed by atoms with van der Waals surface area (Å²) >= 11 is 0. The Hall–Kier alpha value is -2.43. The van der Waals surface area contributed by atoms with E-state index in [1.54, 1.807) is 0 Å². The zero-order valence-electron chi connectivity index (χ0n) is 18.3. The number of amides is 1. The van der Waals surface area contributed by atoms with Crippen molar-refractivity contribution in [2.24, 2.45) is 10.2 Å². The van der Waals surface area contributed by atoms with Crippen molar-refractivity contribution < 1.29 is 9.53 Å². The van der Waals surface area contributed by atoms with Crippen molar-refractivity contribution in [1.82, 2.24) is 10.2 Å². The van der Waals surface area contributed by atoms with Crippen molar-refractivity contribution in [3.05, 3.63) is 30.3 Å². The van der Waals surface area contributed by atoms with Gasteiger partial charge in [0.2, 0.25) is 5.91 Å². The van der Waals surface area contributed by atoms with Crippen LogP contribution in [-0.2, 0) is 9.53 Å². The van der Waals surface area contributed by atoms with Gasteiger partial charge in [0, 0.05) is 82.8 Å². The lowest BCUT2D eigenvalue weighted by molar-refractivity contribution is -0.122. The maximum atomic E-state index is 12.6. The molecule has 1 aromatic carbocycles. The minimum atomic E-state index is -0.395. The fourth-order valence-electron chi connectivity index (χ4n) is 4.77. The number of nitrogens with one attached hydrogen (secondary N) is 1. The summed E-state index contributed by atoms with van der Waals surface area (Å²) in [6.45, 7) is 6.17. The standard InChI is InChI=1S/C24H33N5O2/c1-2-3-10-24(26-27-24)11-9-22(30)25-20-23(12-18-31-19-13-23)29-16-14-28(15-17-29)21-7-5-4-6-8-21/h1,4-8H,3,9-20H2,(H,25,30). The molecule has 0 spiro atoms. The predicted octanol–water partition coefficient (Wildman–Crippen LogP) is 2.83. The Balaban J connectivity index is 1.29. The van der Waals surface area contributed by atoms with Crippen molar-refractivity contribution in [3.63, 3.8) is 0 Å². The van der Waals surface area contributed by atoms with Crippen molar-refractivity contribution in [2.75, 3.05) is 50.8 Å². The Morgan fingerprint density at radius 2 is 1.81 bits per heavy atom. The molecule has 4 rings (SSSR count). The summed E-state index contributed by atoms with van der Waals surface area (Å²) in [5.41, 5.74) is 0.867. The molecule has 0 atom stereocenters. The van der Waals surface area contributed by atoms with Gasteiger partial charge in [-0.25, -0.2) is 0 Å². The molecule has 0 saturated carbocycles. The van der Waals surface area contributed by atoms with Crippen LogP contribution in [0.25, 0.3) is 0 Å². The van der Waals surface area contributed by atoms with Crippen LogP contribution in [0.3, 0.4) is 0 Å². The number of ether oxygens (including phenoxy) is 1. The Labute approximate surface area is 185 Å². The average molecular weight is 424 g/mol. The summed E-state index contributed by atoms with van der Waals surface area (Å²) in [5.74, 6) is 2.71.